The lowest BCUT2D eigenvalue weighted by molar-refractivity contribution is -0.126. The van der Waals surface area contributed by atoms with E-state index < -0.39 is 0 Å². The highest BCUT2D eigenvalue weighted by atomic mass is 16.1. The largest absolute Gasteiger partial charge is 0.355 e. The van der Waals surface area contributed by atoms with Crippen molar-refractivity contribution >= 4 is 5.91 Å². The predicted molar refractivity (Wildman–Crippen MR) is 74.7 cm³/mol. The van der Waals surface area contributed by atoms with Crippen LogP contribution in [0.4, 0.5) is 0 Å². The van der Waals surface area contributed by atoms with Crippen LogP contribution in [0.5, 0.6) is 0 Å². The summed E-state index contributed by atoms with van der Waals surface area (Å²) in [5, 5.41) is 9.83. The predicted octanol–water partition coefficient (Wildman–Crippen LogP) is 1.19. The fraction of sp³-hybridized carbons (Fsp3) is 0.714. The van der Waals surface area contributed by atoms with Crippen LogP contribution in [0, 0.1) is 5.92 Å². The molecule has 2 N–H and O–H groups in total. The number of carbonyl (C=O) groups is 1. The van der Waals surface area contributed by atoms with Crippen molar-refractivity contribution in [2.75, 3.05) is 19.6 Å². The number of likely N-dealkylation sites (tertiary alicyclic amines) is 1. The van der Waals surface area contributed by atoms with Gasteiger partial charge in [-0.2, -0.15) is 5.10 Å². The second kappa shape index (κ2) is 6.70. The van der Waals surface area contributed by atoms with Gasteiger partial charge >= 0.3 is 0 Å². The molecule has 1 atom stereocenters. The molecule has 5 heteroatoms. The summed E-state index contributed by atoms with van der Waals surface area (Å²) in [6, 6.07) is 2.47. The van der Waals surface area contributed by atoms with Gasteiger partial charge in [0, 0.05) is 37.4 Å². The van der Waals surface area contributed by atoms with E-state index in [2.05, 4.69) is 34.3 Å². The van der Waals surface area contributed by atoms with Crippen LogP contribution in [0.2, 0.25) is 0 Å². The molecule has 0 bridgehead atoms. The highest BCUT2D eigenvalue weighted by molar-refractivity contribution is 5.78. The highest BCUT2D eigenvalue weighted by Crippen LogP contribution is 2.18. The minimum absolute atomic E-state index is 0.151. The van der Waals surface area contributed by atoms with Gasteiger partial charge in [0.25, 0.3) is 0 Å². The number of rotatable bonds is 5. The normalized spacial score (nSPS) is 20.7. The molecule has 0 spiro atoms. The van der Waals surface area contributed by atoms with Crippen LogP contribution in [-0.2, 0) is 11.2 Å². The van der Waals surface area contributed by atoms with Gasteiger partial charge in [-0.25, -0.2) is 0 Å². The lowest BCUT2D eigenvalue weighted by Crippen LogP contribution is -2.45. The number of amides is 1. The molecule has 1 amide bonds. The van der Waals surface area contributed by atoms with Crippen molar-refractivity contribution in [2.24, 2.45) is 5.92 Å². The van der Waals surface area contributed by atoms with Crippen LogP contribution in [0.1, 0.15) is 32.4 Å². The molecule has 1 aliphatic rings. The number of piperidine rings is 1. The van der Waals surface area contributed by atoms with Gasteiger partial charge in [0.15, 0.2) is 0 Å². The number of nitrogens with one attached hydrogen (secondary N) is 2. The van der Waals surface area contributed by atoms with Gasteiger partial charge in [0.1, 0.15) is 0 Å². The first-order valence-corrected chi connectivity index (χ1v) is 7.17. The molecule has 1 aliphatic heterocycles. The molecule has 0 aliphatic carbocycles. The van der Waals surface area contributed by atoms with E-state index >= 15 is 0 Å². The minimum Gasteiger partial charge on any atom is -0.355 e. The second-order valence-electron chi connectivity index (χ2n) is 5.55. The zero-order chi connectivity index (χ0) is 13.7. The first kappa shape index (κ1) is 14.1. The maximum atomic E-state index is 12.1. The maximum absolute atomic E-state index is 12.1. The zero-order valence-electron chi connectivity index (χ0n) is 11.9. The average molecular weight is 264 g/mol. The summed E-state index contributed by atoms with van der Waals surface area (Å²) in [7, 11) is 0. The monoisotopic (exact) mass is 264 g/mol. The molecular weight excluding hydrogens is 240 g/mol. The Kier molecular flexibility index (Phi) is 4.96. The third-order valence-corrected chi connectivity index (χ3v) is 3.81. The van der Waals surface area contributed by atoms with E-state index in [1.807, 2.05) is 6.07 Å². The molecule has 1 aromatic heterocycles. The lowest BCUT2D eigenvalue weighted by atomic mass is 9.96. The summed E-state index contributed by atoms with van der Waals surface area (Å²) < 4.78 is 0. The van der Waals surface area contributed by atoms with Crippen molar-refractivity contribution in [3.63, 3.8) is 0 Å². The van der Waals surface area contributed by atoms with Crippen LogP contribution in [0.15, 0.2) is 12.3 Å². The van der Waals surface area contributed by atoms with Crippen LogP contribution in [0.3, 0.4) is 0 Å². The molecule has 1 fully saturated rings. The van der Waals surface area contributed by atoms with Crippen molar-refractivity contribution in [3.8, 4) is 0 Å². The molecule has 0 unspecified atom stereocenters. The Labute approximate surface area is 114 Å². The van der Waals surface area contributed by atoms with Crippen LogP contribution < -0.4 is 5.32 Å². The number of aromatic nitrogens is 2. The molecule has 1 saturated heterocycles. The Morgan fingerprint density at radius 1 is 1.63 bits per heavy atom. The smallest absolute Gasteiger partial charge is 0.224 e. The Bertz CT molecular complexity index is 388. The van der Waals surface area contributed by atoms with Gasteiger partial charge in [-0.15, -0.1) is 0 Å². The van der Waals surface area contributed by atoms with Crippen molar-refractivity contribution in [2.45, 2.75) is 39.2 Å². The Morgan fingerprint density at radius 3 is 3.16 bits per heavy atom. The third-order valence-electron chi connectivity index (χ3n) is 3.81. The number of nitrogens with zero attached hydrogens (tertiary/aromatic N) is 2. The van der Waals surface area contributed by atoms with E-state index in [4.69, 9.17) is 0 Å². The van der Waals surface area contributed by atoms with Gasteiger partial charge in [-0.05, 0) is 39.3 Å². The summed E-state index contributed by atoms with van der Waals surface area (Å²) in [6.45, 7) is 7.08. The molecule has 106 valence electrons. The number of carbonyl (C=O) groups excluding carboxylic acids is 1. The minimum atomic E-state index is 0.151. The molecule has 1 aromatic rings. The van der Waals surface area contributed by atoms with E-state index in [0.717, 1.165) is 38.0 Å². The summed E-state index contributed by atoms with van der Waals surface area (Å²) in [6.07, 6.45) is 4.68. The number of hydrogen-bond acceptors (Lipinski definition) is 3. The van der Waals surface area contributed by atoms with Crippen molar-refractivity contribution in [1.82, 2.24) is 20.4 Å². The van der Waals surface area contributed by atoms with Gasteiger partial charge in [-0.3, -0.25) is 9.89 Å². The van der Waals surface area contributed by atoms with Gasteiger partial charge in [-0.1, -0.05) is 0 Å². The quantitative estimate of drug-likeness (QED) is 0.840. The molecular formula is C14H24N4O. The molecule has 0 aromatic carbocycles. The molecule has 0 saturated carbocycles. The number of H-pyrrole nitrogens is 1. The van der Waals surface area contributed by atoms with E-state index in [1.54, 1.807) is 6.20 Å². The zero-order valence-corrected chi connectivity index (χ0v) is 11.9. The third kappa shape index (κ3) is 4.06. The van der Waals surface area contributed by atoms with Gasteiger partial charge in [0.05, 0.1) is 5.92 Å². The van der Waals surface area contributed by atoms with Gasteiger partial charge in [0.2, 0.25) is 5.91 Å². The Balaban J connectivity index is 1.73. The molecule has 2 heterocycles. The standard InChI is InChI=1S/C14H24N4O/c1-11(2)18-9-3-4-12(10-18)14(19)15-7-5-13-6-8-16-17-13/h6,8,11-12H,3-5,7,9-10H2,1-2H3,(H,15,19)(H,16,17)/t12-/m1/s1. The van der Waals surface area contributed by atoms with Crippen LogP contribution >= 0.6 is 0 Å². The van der Waals surface area contributed by atoms with Crippen LogP contribution in [-0.4, -0.2) is 46.7 Å². The van der Waals surface area contributed by atoms with E-state index in [0.29, 0.717) is 12.6 Å². The number of aromatic amines is 1. The first-order valence-electron chi connectivity index (χ1n) is 7.17. The fourth-order valence-electron chi connectivity index (χ4n) is 2.58. The molecule has 0 radical (unpaired) electrons. The summed E-state index contributed by atoms with van der Waals surface area (Å²) in [5.41, 5.74) is 1.06. The Hall–Kier alpha value is -1.36. The first-order chi connectivity index (χ1) is 9.16. The summed E-state index contributed by atoms with van der Waals surface area (Å²) >= 11 is 0. The SMILES string of the molecule is CC(C)N1CCC[C@@H](C(=O)NCCc2ccn[nH]2)C1. The molecule has 2 rings (SSSR count). The number of hydrogen-bond donors (Lipinski definition) is 2. The Morgan fingerprint density at radius 2 is 2.47 bits per heavy atom. The van der Waals surface area contributed by atoms with Gasteiger partial charge < -0.3 is 10.2 Å². The van der Waals surface area contributed by atoms with E-state index in [1.165, 1.54) is 0 Å². The second-order valence-corrected chi connectivity index (χ2v) is 5.55. The van der Waals surface area contributed by atoms with E-state index in [9.17, 15) is 4.79 Å². The lowest BCUT2D eigenvalue weighted by Gasteiger charge is -2.34. The average Bonchev–Trinajstić information content (AvgIpc) is 2.92. The summed E-state index contributed by atoms with van der Waals surface area (Å²) in [5.74, 6) is 0.350. The summed E-state index contributed by atoms with van der Waals surface area (Å²) in [4.78, 5) is 14.5. The van der Waals surface area contributed by atoms with Crippen molar-refractivity contribution in [1.29, 1.82) is 0 Å². The fourth-order valence-corrected chi connectivity index (χ4v) is 2.58. The maximum Gasteiger partial charge on any atom is 0.224 e. The van der Waals surface area contributed by atoms with E-state index in [-0.39, 0.29) is 11.8 Å². The van der Waals surface area contributed by atoms with Crippen LogP contribution in [0.25, 0.3) is 0 Å². The molecule has 19 heavy (non-hydrogen) atoms. The highest BCUT2D eigenvalue weighted by Gasteiger charge is 2.26. The topological polar surface area (TPSA) is 61.0 Å². The van der Waals surface area contributed by atoms with Crippen molar-refractivity contribution < 1.29 is 4.79 Å². The molecule has 5 nitrogen and oxygen atoms in total. The van der Waals surface area contributed by atoms with Crippen molar-refractivity contribution in [3.05, 3.63) is 18.0 Å².